The summed E-state index contributed by atoms with van der Waals surface area (Å²) in [5.74, 6) is 1.10. The third kappa shape index (κ3) is 4.55. The van der Waals surface area contributed by atoms with Gasteiger partial charge in [0.05, 0.1) is 13.2 Å². The van der Waals surface area contributed by atoms with E-state index in [0.717, 1.165) is 32.3 Å². The van der Waals surface area contributed by atoms with Crippen molar-refractivity contribution in [2.75, 3.05) is 46.4 Å². The molecular formula is C18H35IN4O. The van der Waals surface area contributed by atoms with Crippen LogP contribution in [0.15, 0.2) is 4.99 Å². The van der Waals surface area contributed by atoms with E-state index in [1.807, 2.05) is 7.05 Å². The summed E-state index contributed by atoms with van der Waals surface area (Å²) >= 11 is 0. The number of aliphatic imine (C=N–C) groups is 1. The lowest BCUT2D eigenvalue weighted by Crippen LogP contribution is -2.53. The molecule has 2 atom stereocenters. The van der Waals surface area contributed by atoms with Crippen LogP contribution in [0.4, 0.5) is 0 Å². The number of nitrogens with one attached hydrogen (secondary N) is 1. The predicted octanol–water partition coefficient (Wildman–Crippen LogP) is 2.56. The molecule has 0 radical (unpaired) electrons. The van der Waals surface area contributed by atoms with E-state index in [2.05, 4.69) is 34.0 Å². The second kappa shape index (κ2) is 9.03. The van der Waals surface area contributed by atoms with Gasteiger partial charge in [-0.15, -0.1) is 24.0 Å². The number of hydrogen-bond donors (Lipinski definition) is 1. The van der Waals surface area contributed by atoms with Crippen LogP contribution in [-0.2, 0) is 4.74 Å². The molecule has 0 aromatic heterocycles. The molecule has 2 aliphatic heterocycles. The first-order chi connectivity index (χ1) is 11.1. The average Bonchev–Trinajstić information content (AvgIpc) is 3.19. The van der Waals surface area contributed by atoms with Crippen molar-refractivity contribution in [1.82, 2.24) is 15.1 Å². The molecule has 5 nitrogen and oxygen atoms in total. The molecule has 0 aromatic rings. The van der Waals surface area contributed by atoms with E-state index in [0.29, 0.717) is 17.5 Å². The van der Waals surface area contributed by atoms with Gasteiger partial charge in [-0.25, -0.2) is 0 Å². The summed E-state index contributed by atoms with van der Waals surface area (Å²) in [5, 5.41) is 3.63. The molecular weight excluding hydrogens is 415 g/mol. The molecule has 0 bridgehead atoms. The number of halogens is 1. The fraction of sp³-hybridized carbons (Fsp3) is 0.944. The maximum Gasteiger partial charge on any atom is 0.193 e. The molecule has 1 saturated carbocycles. The van der Waals surface area contributed by atoms with Crippen LogP contribution >= 0.6 is 24.0 Å². The van der Waals surface area contributed by atoms with Gasteiger partial charge in [-0.1, -0.05) is 12.8 Å². The van der Waals surface area contributed by atoms with Gasteiger partial charge < -0.3 is 15.0 Å². The molecule has 1 N–H and O–H groups in total. The summed E-state index contributed by atoms with van der Waals surface area (Å²) in [6.07, 6.45) is 7.03. The Labute approximate surface area is 164 Å². The van der Waals surface area contributed by atoms with Gasteiger partial charge in [-0.2, -0.15) is 0 Å². The van der Waals surface area contributed by atoms with Crippen LogP contribution in [-0.4, -0.2) is 74.3 Å². The third-order valence-electron chi connectivity index (χ3n) is 6.15. The molecule has 3 aliphatic rings. The largest absolute Gasteiger partial charge is 0.379 e. The number of morpholine rings is 1. The zero-order valence-corrected chi connectivity index (χ0v) is 17.9. The summed E-state index contributed by atoms with van der Waals surface area (Å²) in [7, 11) is 1.92. The Balaban J connectivity index is 0.00000208. The van der Waals surface area contributed by atoms with Gasteiger partial charge in [0.15, 0.2) is 5.96 Å². The smallest absolute Gasteiger partial charge is 0.193 e. The quantitative estimate of drug-likeness (QED) is 0.408. The summed E-state index contributed by atoms with van der Waals surface area (Å²) in [4.78, 5) is 9.58. The van der Waals surface area contributed by atoms with Crippen molar-refractivity contribution in [2.45, 2.75) is 58.0 Å². The highest BCUT2D eigenvalue weighted by atomic mass is 127. The first-order valence-corrected chi connectivity index (χ1v) is 9.43. The molecule has 2 unspecified atom stereocenters. The number of nitrogens with zero attached hydrogens (tertiary/aromatic N) is 3. The van der Waals surface area contributed by atoms with Crippen LogP contribution < -0.4 is 5.32 Å². The third-order valence-corrected chi connectivity index (χ3v) is 6.15. The summed E-state index contributed by atoms with van der Waals surface area (Å²) in [6, 6.07) is 1.02. The van der Waals surface area contributed by atoms with Gasteiger partial charge in [-0.05, 0) is 38.5 Å². The van der Waals surface area contributed by atoms with Crippen LogP contribution in [0.5, 0.6) is 0 Å². The van der Waals surface area contributed by atoms with E-state index >= 15 is 0 Å². The van der Waals surface area contributed by atoms with Crippen LogP contribution in [0.3, 0.4) is 0 Å². The van der Waals surface area contributed by atoms with Crippen LogP contribution in [0, 0.1) is 5.41 Å². The molecule has 1 aliphatic carbocycles. The van der Waals surface area contributed by atoms with Crippen molar-refractivity contribution in [3.63, 3.8) is 0 Å². The lowest BCUT2D eigenvalue weighted by molar-refractivity contribution is -0.0175. The van der Waals surface area contributed by atoms with Crippen molar-refractivity contribution < 1.29 is 4.74 Å². The summed E-state index contributed by atoms with van der Waals surface area (Å²) in [5.41, 5.74) is 0.599. The maximum atomic E-state index is 5.55. The van der Waals surface area contributed by atoms with Crippen molar-refractivity contribution >= 4 is 29.9 Å². The number of hydrogen-bond acceptors (Lipinski definition) is 3. The summed E-state index contributed by atoms with van der Waals surface area (Å²) in [6.45, 7) is 10.7. The monoisotopic (exact) mass is 450 g/mol. The molecule has 140 valence electrons. The highest BCUT2D eigenvalue weighted by Gasteiger charge is 2.41. The minimum Gasteiger partial charge on any atom is -0.379 e. The Morgan fingerprint density at radius 2 is 2.04 bits per heavy atom. The molecule has 6 heteroatoms. The van der Waals surface area contributed by atoms with E-state index < -0.39 is 0 Å². The average molecular weight is 450 g/mol. The van der Waals surface area contributed by atoms with Crippen molar-refractivity contribution in [3.8, 4) is 0 Å². The minimum absolute atomic E-state index is 0. The van der Waals surface area contributed by atoms with Crippen LogP contribution in [0.2, 0.25) is 0 Å². The molecule has 0 aromatic carbocycles. The predicted molar refractivity (Wildman–Crippen MR) is 110 cm³/mol. The molecule has 2 saturated heterocycles. The molecule has 1 spiro atoms. The highest BCUT2D eigenvalue weighted by Crippen LogP contribution is 2.45. The second-order valence-corrected chi connectivity index (χ2v) is 7.82. The van der Waals surface area contributed by atoms with Gasteiger partial charge in [0.2, 0.25) is 0 Å². The Morgan fingerprint density at radius 1 is 1.29 bits per heavy atom. The number of ether oxygens (including phenoxy) is 1. The van der Waals surface area contributed by atoms with Crippen LogP contribution in [0.1, 0.15) is 46.0 Å². The van der Waals surface area contributed by atoms with Gasteiger partial charge in [0.25, 0.3) is 0 Å². The van der Waals surface area contributed by atoms with Crippen molar-refractivity contribution in [2.24, 2.45) is 10.4 Å². The first-order valence-electron chi connectivity index (χ1n) is 9.43. The molecule has 0 amide bonds. The van der Waals surface area contributed by atoms with Gasteiger partial charge in [0, 0.05) is 45.3 Å². The Morgan fingerprint density at radius 3 is 2.71 bits per heavy atom. The fourth-order valence-electron chi connectivity index (χ4n) is 4.73. The Hall–Kier alpha value is -0.0800. The zero-order chi connectivity index (χ0) is 16.3. The van der Waals surface area contributed by atoms with E-state index in [4.69, 9.17) is 4.74 Å². The zero-order valence-electron chi connectivity index (χ0n) is 15.6. The molecule has 2 heterocycles. The SMILES string of the molecule is CN=C(NCC(C)N1CCOCC1C)N1CCC2(CCCC2)C1.I. The number of guanidine groups is 1. The van der Waals surface area contributed by atoms with Crippen molar-refractivity contribution in [1.29, 1.82) is 0 Å². The number of rotatable bonds is 3. The van der Waals surface area contributed by atoms with E-state index in [-0.39, 0.29) is 24.0 Å². The van der Waals surface area contributed by atoms with E-state index in [9.17, 15) is 0 Å². The first kappa shape index (κ1) is 20.2. The Kier molecular flexibility index (Phi) is 7.61. The maximum absolute atomic E-state index is 5.55. The Bertz CT molecular complexity index is 425. The topological polar surface area (TPSA) is 40.1 Å². The molecule has 3 rings (SSSR count). The van der Waals surface area contributed by atoms with E-state index in [1.165, 1.54) is 45.2 Å². The van der Waals surface area contributed by atoms with E-state index in [1.54, 1.807) is 0 Å². The summed E-state index contributed by atoms with van der Waals surface area (Å²) < 4.78 is 5.55. The van der Waals surface area contributed by atoms with Crippen molar-refractivity contribution in [3.05, 3.63) is 0 Å². The molecule has 24 heavy (non-hydrogen) atoms. The minimum atomic E-state index is 0. The van der Waals surface area contributed by atoms with Gasteiger partial charge in [0.1, 0.15) is 0 Å². The van der Waals surface area contributed by atoms with Gasteiger partial charge in [-0.3, -0.25) is 9.89 Å². The fourth-order valence-corrected chi connectivity index (χ4v) is 4.73. The lowest BCUT2D eigenvalue weighted by Gasteiger charge is -2.38. The highest BCUT2D eigenvalue weighted by molar-refractivity contribution is 14.0. The standard InChI is InChI=1S/C18H34N4O.HI/c1-15(22-10-11-23-13-16(22)2)12-20-17(19-3)21-9-8-18(14-21)6-4-5-7-18;/h15-16H,4-14H2,1-3H3,(H,19,20);1H. The second-order valence-electron chi connectivity index (χ2n) is 7.82. The number of likely N-dealkylation sites (tertiary alicyclic amines) is 1. The van der Waals surface area contributed by atoms with Gasteiger partial charge >= 0.3 is 0 Å². The lowest BCUT2D eigenvalue weighted by atomic mass is 9.86. The van der Waals surface area contributed by atoms with Crippen LogP contribution in [0.25, 0.3) is 0 Å². The normalized spacial score (nSPS) is 28.9. The molecule has 3 fully saturated rings.